The predicted octanol–water partition coefficient (Wildman–Crippen LogP) is 6.07. The Labute approximate surface area is 184 Å². The number of benzene rings is 1. The molecule has 6 heteroatoms. The summed E-state index contributed by atoms with van der Waals surface area (Å²) >= 11 is 6.14. The van der Waals surface area contributed by atoms with Gasteiger partial charge in [-0.1, -0.05) is 29.3 Å². The summed E-state index contributed by atoms with van der Waals surface area (Å²) in [5.74, 6) is -0.950. The highest BCUT2D eigenvalue weighted by atomic mass is 35.5. The van der Waals surface area contributed by atoms with Crippen molar-refractivity contribution < 1.29 is 24.5 Å². The minimum Gasteiger partial charge on any atom is -0.507 e. The molecule has 0 aliphatic carbocycles. The van der Waals surface area contributed by atoms with E-state index in [1.807, 2.05) is 46.8 Å². The van der Waals surface area contributed by atoms with Gasteiger partial charge in [-0.2, -0.15) is 0 Å². The van der Waals surface area contributed by atoms with Gasteiger partial charge in [-0.3, -0.25) is 9.59 Å². The highest BCUT2D eigenvalue weighted by Gasteiger charge is 2.23. The smallest absolute Gasteiger partial charge is 0.311 e. The van der Waals surface area contributed by atoms with Crippen LogP contribution in [0, 0.1) is 12.3 Å². The molecule has 1 aromatic carbocycles. The van der Waals surface area contributed by atoms with Crippen LogP contribution in [0.15, 0.2) is 23.3 Å². The molecule has 0 spiro atoms. The molecule has 1 rings (SSSR count). The van der Waals surface area contributed by atoms with E-state index in [0.29, 0.717) is 5.56 Å². The zero-order valence-corrected chi connectivity index (χ0v) is 19.7. The molecule has 0 unspecified atom stereocenters. The number of hydrogen-bond donors (Lipinski definition) is 2. The Morgan fingerprint density at radius 3 is 2.17 bits per heavy atom. The molecule has 0 heterocycles. The van der Waals surface area contributed by atoms with Crippen LogP contribution in [0.1, 0.15) is 75.9 Å². The molecule has 166 valence electrons. The fourth-order valence-corrected chi connectivity index (χ4v) is 3.07. The van der Waals surface area contributed by atoms with Gasteiger partial charge >= 0.3 is 5.97 Å². The zero-order chi connectivity index (χ0) is 23.2. The minimum atomic E-state index is -0.516. The van der Waals surface area contributed by atoms with Crippen LogP contribution in [0.5, 0.6) is 11.5 Å². The largest absolute Gasteiger partial charge is 0.507 e. The summed E-state index contributed by atoms with van der Waals surface area (Å²) in [6.07, 6.45) is 5.72. The van der Waals surface area contributed by atoms with Gasteiger partial charge in [-0.05, 0) is 78.9 Å². The number of Topliss-reactive ketones (excluding diaryl/α,β-unsaturated/α-hetero) is 1. The Kier molecular flexibility index (Phi) is 9.16. The molecule has 1 aromatic rings. The number of phenols is 2. The molecule has 0 radical (unpaired) electrons. The number of carbonyl (C=O) groups is 2. The van der Waals surface area contributed by atoms with Crippen LogP contribution < -0.4 is 0 Å². The molecular formula is C24H33ClO5. The van der Waals surface area contributed by atoms with Crippen LogP contribution in [0.4, 0.5) is 0 Å². The molecule has 5 nitrogen and oxygen atoms in total. The predicted molar refractivity (Wildman–Crippen MR) is 120 cm³/mol. The minimum absolute atomic E-state index is 0.0856. The number of esters is 1. The Morgan fingerprint density at radius 2 is 1.63 bits per heavy atom. The van der Waals surface area contributed by atoms with E-state index >= 15 is 0 Å². The van der Waals surface area contributed by atoms with E-state index in [-0.39, 0.29) is 52.4 Å². The molecule has 0 aliphatic rings. The summed E-state index contributed by atoms with van der Waals surface area (Å²) in [5.41, 5.74) is 2.28. The quantitative estimate of drug-likeness (QED) is 0.293. The van der Waals surface area contributed by atoms with Crippen molar-refractivity contribution in [3.8, 4) is 11.5 Å². The molecular weight excluding hydrogens is 404 g/mol. The molecule has 0 amide bonds. The first-order chi connectivity index (χ1) is 13.8. The maximum atomic E-state index is 11.8. The Balaban J connectivity index is 2.77. The van der Waals surface area contributed by atoms with E-state index in [1.165, 1.54) is 6.92 Å². The maximum Gasteiger partial charge on any atom is 0.311 e. The summed E-state index contributed by atoms with van der Waals surface area (Å²) in [4.78, 5) is 23.6. The fourth-order valence-electron chi connectivity index (χ4n) is 2.86. The number of allylic oxidation sites excluding steroid dienone is 3. The second-order valence-electron chi connectivity index (χ2n) is 8.72. The first-order valence-corrected chi connectivity index (χ1v) is 10.4. The average Bonchev–Trinajstić information content (AvgIpc) is 2.63. The van der Waals surface area contributed by atoms with Crippen LogP contribution in [-0.2, 0) is 16.0 Å². The monoisotopic (exact) mass is 436 g/mol. The summed E-state index contributed by atoms with van der Waals surface area (Å²) in [5, 5.41) is 20.8. The third-order valence-electron chi connectivity index (χ3n) is 4.80. The van der Waals surface area contributed by atoms with E-state index in [4.69, 9.17) is 16.3 Å². The van der Waals surface area contributed by atoms with Crippen molar-refractivity contribution in [1.82, 2.24) is 0 Å². The van der Waals surface area contributed by atoms with Crippen LogP contribution in [-0.4, -0.2) is 28.6 Å². The van der Waals surface area contributed by atoms with Gasteiger partial charge in [0.1, 0.15) is 18.1 Å². The molecule has 0 aliphatic heterocycles. The van der Waals surface area contributed by atoms with Gasteiger partial charge in [0.25, 0.3) is 0 Å². The van der Waals surface area contributed by atoms with Crippen molar-refractivity contribution in [3.05, 3.63) is 45.0 Å². The van der Waals surface area contributed by atoms with Crippen molar-refractivity contribution >= 4 is 23.4 Å². The lowest BCUT2D eigenvalue weighted by molar-refractivity contribution is -0.151. The van der Waals surface area contributed by atoms with Gasteiger partial charge in [0.2, 0.25) is 0 Å². The van der Waals surface area contributed by atoms with E-state index in [1.54, 1.807) is 6.92 Å². The number of carbonyl (C=O) groups excluding carboxylic acids is 2. The number of halogens is 1. The molecule has 0 saturated heterocycles. The first-order valence-electron chi connectivity index (χ1n) is 9.99. The number of aromatic hydroxyl groups is 2. The van der Waals surface area contributed by atoms with Gasteiger partial charge in [-0.25, -0.2) is 0 Å². The number of ether oxygens (including phenoxy) is 1. The van der Waals surface area contributed by atoms with E-state index in [9.17, 15) is 19.8 Å². The second-order valence-corrected chi connectivity index (χ2v) is 9.09. The van der Waals surface area contributed by atoms with Gasteiger partial charge in [0, 0.05) is 5.56 Å². The number of phenolic OH excluding ortho intramolecular Hbond substituents is 2. The zero-order valence-electron chi connectivity index (χ0n) is 19.0. The van der Waals surface area contributed by atoms with Gasteiger partial charge < -0.3 is 14.9 Å². The number of ketones is 1. The summed E-state index contributed by atoms with van der Waals surface area (Å²) < 4.78 is 5.29. The van der Waals surface area contributed by atoms with Gasteiger partial charge in [0.15, 0.2) is 5.78 Å². The topological polar surface area (TPSA) is 83.8 Å². The molecule has 2 N–H and O–H groups in total. The van der Waals surface area contributed by atoms with Crippen molar-refractivity contribution in [3.63, 3.8) is 0 Å². The number of rotatable bonds is 8. The lowest BCUT2D eigenvalue weighted by Crippen LogP contribution is -2.23. The molecule has 0 saturated carbocycles. The van der Waals surface area contributed by atoms with Crippen LogP contribution >= 0.6 is 11.6 Å². The molecule has 0 atom stereocenters. The standard InChI is InChI=1S/C24H33ClO5/c1-14(9-8-10-15(2)13-30-23(29)24(5,6)7)11-12-18-21(27)19(17(4)26)16(3)20(25)22(18)28/h10-11,27-28H,8-9,12-13H2,1-7H3. The lowest BCUT2D eigenvalue weighted by Gasteiger charge is -2.16. The SMILES string of the molecule is CC(=O)c1c(C)c(Cl)c(O)c(CC=C(C)CCC=C(C)COC(=O)C(C)(C)C)c1O. The molecule has 30 heavy (non-hydrogen) atoms. The first kappa shape index (κ1) is 25.8. The van der Waals surface area contributed by atoms with Crippen molar-refractivity contribution in [2.24, 2.45) is 5.41 Å². The normalized spacial score (nSPS) is 12.8. The van der Waals surface area contributed by atoms with E-state index in [0.717, 1.165) is 24.0 Å². The third-order valence-corrected chi connectivity index (χ3v) is 5.26. The third kappa shape index (κ3) is 6.91. The Bertz CT molecular complexity index is 873. The van der Waals surface area contributed by atoms with Crippen molar-refractivity contribution in [2.75, 3.05) is 6.61 Å². The Hall–Kier alpha value is -2.27. The Morgan fingerprint density at radius 1 is 1.03 bits per heavy atom. The van der Waals surface area contributed by atoms with Gasteiger partial charge in [0.05, 0.1) is 16.0 Å². The van der Waals surface area contributed by atoms with Crippen LogP contribution in [0.25, 0.3) is 0 Å². The fraction of sp³-hybridized carbons (Fsp3) is 0.500. The van der Waals surface area contributed by atoms with E-state index < -0.39 is 5.41 Å². The molecule has 0 aromatic heterocycles. The highest BCUT2D eigenvalue weighted by Crippen LogP contribution is 2.41. The van der Waals surface area contributed by atoms with Gasteiger partial charge in [-0.15, -0.1) is 0 Å². The van der Waals surface area contributed by atoms with Crippen LogP contribution in [0.3, 0.4) is 0 Å². The highest BCUT2D eigenvalue weighted by molar-refractivity contribution is 6.33. The van der Waals surface area contributed by atoms with Crippen molar-refractivity contribution in [2.45, 2.75) is 67.7 Å². The van der Waals surface area contributed by atoms with E-state index in [2.05, 4.69) is 0 Å². The van der Waals surface area contributed by atoms with Crippen LogP contribution in [0.2, 0.25) is 5.02 Å². The maximum absolute atomic E-state index is 11.8. The number of hydrogen-bond acceptors (Lipinski definition) is 5. The summed E-state index contributed by atoms with van der Waals surface area (Å²) in [6, 6.07) is 0. The second kappa shape index (κ2) is 10.7. The molecule has 0 fully saturated rings. The molecule has 0 bridgehead atoms. The summed E-state index contributed by atoms with van der Waals surface area (Å²) in [6.45, 7) is 12.6. The lowest BCUT2D eigenvalue weighted by atomic mass is 9.96. The average molecular weight is 437 g/mol. The van der Waals surface area contributed by atoms with Crippen molar-refractivity contribution in [1.29, 1.82) is 0 Å². The summed E-state index contributed by atoms with van der Waals surface area (Å²) in [7, 11) is 0.